The number of aryl methyl sites for hydroxylation is 2. The van der Waals surface area contributed by atoms with Gasteiger partial charge in [-0.1, -0.05) is 24.6 Å². The molecule has 4 N–H and O–H groups in total. The van der Waals surface area contributed by atoms with Crippen LogP contribution in [0.15, 0.2) is 46.2 Å². The lowest BCUT2D eigenvalue weighted by molar-refractivity contribution is -0.121. The topological polar surface area (TPSA) is 122 Å². The van der Waals surface area contributed by atoms with Crippen LogP contribution in [0.1, 0.15) is 35.5 Å². The Morgan fingerprint density at radius 3 is 2.26 bits per heavy atom. The predicted octanol–water partition coefficient (Wildman–Crippen LogP) is 3.51. The van der Waals surface area contributed by atoms with Crippen molar-refractivity contribution in [3.8, 4) is 0 Å². The average Bonchev–Trinajstić information content (AvgIpc) is 3.05. The zero-order valence-corrected chi connectivity index (χ0v) is 19.2. The number of carbonyl (C=O) groups is 2. The van der Waals surface area contributed by atoms with Crippen molar-refractivity contribution < 1.29 is 18.0 Å². The van der Waals surface area contributed by atoms with Crippen LogP contribution in [-0.2, 0) is 14.6 Å². The minimum Gasteiger partial charge on any atom is -0.369 e. The molecule has 2 amide bonds. The number of fused-ring (bicyclic) bond motifs is 1. The molecular weight excluding hydrogens is 438 g/mol. The normalized spacial score (nSPS) is 13.7. The van der Waals surface area contributed by atoms with E-state index in [2.05, 4.69) is 10.3 Å². The number of aromatic amines is 1. The molecule has 31 heavy (non-hydrogen) atoms. The van der Waals surface area contributed by atoms with Gasteiger partial charge in [-0.15, -0.1) is 0 Å². The van der Waals surface area contributed by atoms with Gasteiger partial charge in [0, 0.05) is 22.0 Å². The molecule has 9 heteroatoms. The number of primary amides is 1. The van der Waals surface area contributed by atoms with Crippen molar-refractivity contribution in [2.45, 2.75) is 43.5 Å². The smallest absolute Gasteiger partial charge is 0.269 e. The van der Waals surface area contributed by atoms with Crippen LogP contribution in [0.3, 0.4) is 0 Å². The van der Waals surface area contributed by atoms with E-state index in [4.69, 9.17) is 17.3 Å². The number of hydrogen-bond acceptors (Lipinski definition) is 4. The Balaban J connectivity index is 2.21. The van der Waals surface area contributed by atoms with Crippen LogP contribution >= 0.6 is 11.6 Å². The largest absolute Gasteiger partial charge is 0.369 e. The Morgan fingerprint density at radius 2 is 1.68 bits per heavy atom. The second-order valence-electron chi connectivity index (χ2n) is 7.80. The van der Waals surface area contributed by atoms with Crippen molar-refractivity contribution >= 4 is 44.2 Å². The number of rotatable bonds is 6. The van der Waals surface area contributed by atoms with Crippen molar-refractivity contribution in [3.63, 3.8) is 0 Å². The highest BCUT2D eigenvalue weighted by molar-refractivity contribution is 7.91. The van der Waals surface area contributed by atoms with E-state index in [1.807, 2.05) is 6.07 Å². The fraction of sp³-hybridized carbons (Fsp3) is 0.273. The molecule has 0 saturated carbocycles. The first-order valence-corrected chi connectivity index (χ1v) is 11.5. The minimum absolute atomic E-state index is 0.0819. The molecule has 0 radical (unpaired) electrons. The number of hydrogen-bond donors (Lipinski definition) is 3. The standard InChI is InChI=1S/C22H24ClN3O4S/c1-11-7-12(2)9-16(8-11)31(29,30)20-17-10-15(23)5-6-18(17)26-19(20)22(28)25-14(4)13(3)21(24)27/h5-10,13-14,26H,1-4H3,(H2,24,27)(H,25,28). The molecule has 0 spiro atoms. The Kier molecular flexibility index (Phi) is 6.16. The van der Waals surface area contributed by atoms with Crippen LogP contribution in [0, 0.1) is 19.8 Å². The summed E-state index contributed by atoms with van der Waals surface area (Å²) in [5, 5.41) is 3.32. The van der Waals surface area contributed by atoms with Crippen LogP contribution in [0.2, 0.25) is 5.02 Å². The van der Waals surface area contributed by atoms with Crippen molar-refractivity contribution in [1.29, 1.82) is 0 Å². The van der Waals surface area contributed by atoms with Gasteiger partial charge in [-0.3, -0.25) is 9.59 Å². The lowest BCUT2D eigenvalue weighted by atomic mass is 10.0. The molecule has 0 aliphatic rings. The minimum atomic E-state index is -4.07. The summed E-state index contributed by atoms with van der Waals surface area (Å²) in [7, 11) is -4.07. The zero-order chi connectivity index (χ0) is 23.1. The third-order valence-electron chi connectivity index (χ3n) is 5.27. The van der Waals surface area contributed by atoms with Crippen molar-refractivity contribution in [1.82, 2.24) is 10.3 Å². The first-order chi connectivity index (χ1) is 14.4. The molecule has 1 aromatic heterocycles. The highest BCUT2D eigenvalue weighted by atomic mass is 35.5. The molecular formula is C22H24ClN3O4S. The number of nitrogens with one attached hydrogen (secondary N) is 2. The van der Waals surface area contributed by atoms with E-state index >= 15 is 0 Å². The second kappa shape index (κ2) is 8.36. The highest BCUT2D eigenvalue weighted by Crippen LogP contribution is 2.34. The molecule has 2 unspecified atom stereocenters. The first-order valence-electron chi connectivity index (χ1n) is 9.66. The van der Waals surface area contributed by atoms with Gasteiger partial charge in [0.05, 0.1) is 10.8 Å². The summed E-state index contributed by atoms with van der Waals surface area (Å²) in [6, 6.07) is 9.12. The highest BCUT2D eigenvalue weighted by Gasteiger charge is 2.31. The van der Waals surface area contributed by atoms with Gasteiger partial charge in [0.2, 0.25) is 15.7 Å². The Labute approximate surface area is 185 Å². The van der Waals surface area contributed by atoms with E-state index in [9.17, 15) is 18.0 Å². The van der Waals surface area contributed by atoms with Crippen LogP contribution in [0.25, 0.3) is 10.9 Å². The summed E-state index contributed by atoms with van der Waals surface area (Å²) >= 11 is 6.13. The molecule has 0 bridgehead atoms. The number of halogens is 1. The van der Waals surface area contributed by atoms with E-state index < -0.39 is 33.6 Å². The van der Waals surface area contributed by atoms with Gasteiger partial charge >= 0.3 is 0 Å². The second-order valence-corrected chi connectivity index (χ2v) is 10.1. The van der Waals surface area contributed by atoms with Gasteiger partial charge in [0.15, 0.2) is 0 Å². The molecule has 2 aromatic carbocycles. The third kappa shape index (κ3) is 4.45. The van der Waals surface area contributed by atoms with E-state index in [0.29, 0.717) is 15.9 Å². The molecule has 164 valence electrons. The number of nitrogens with two attached hydrogens (primary N) is 1. The van der Waals surface area contributed by atoms with Crippen molar-refractivity contribution in [3.05, 3.63) is 58.2 Å². The van der Waals surface area contributed by atoms with Crippen LogP contribution < -0.4 is 11.1 Å². The van der Waals surface area contributed by atoms with Gasteiger partial charge in [-0.05, 0) is 62.2 Å². The maximum Gasteiger partial charge on any atom is 0.269 e. The van der Waals surface area contributed by atoms with Gasteiger partial charge in [0.1, 0.15) is 10.6 Å². The molecule has 0 aliphatic carbocycles. The maximum atomic E-state index is 13.7. The first kappa shape index (κ1) is 22.8. The predicted molar refractivity (Wildman–Crippen MR) is 120 cm³/mol. The maximum absolute atomic E-state index is 13.7. The lowest BCUT2D eigenvalue weighted by Gasteiger charge is -2.18. The summed E-state index contributed by atoms with van der Waals surface area (Å²) in [5.74, 6) is -1.86. The molecule has 7 nitrogen and oxygen atoms in total. The molecule has 2 atom stereocenters. The van der Waals surface area contributed by atoms with E-state index in [1.54, 1.807) is 52.0 Å². The number of amides is 2. The Morgan fingerprint density at radius 1 is 1.06 bits per heavy atom. The zero-order valence-electron chi connectivity index (χ0n) is 17.6. The summed E-state index contributed by atoms with van der Waals surface area (Å²) in [4.78, 5) is 27.4. The molecule has 0 saturated heterocycles. The summed E-state index contributed by atoms with van der Waals surface area (Å²) in [6.07, 6.45) is 0. The number of sulfone groups is 1. The van der Waals surface area contributed by atoms with E-state index in [1.165, 1.54) is 6.07 Å². The SMILES string of the molecule is Cc1cc(C)cc(S(=O)(=O)c2c(C(=O)NC(C)C(C)C(N)=O)[nH]c3ccc(Cl)cc23)c1. The van der Waals surface area contributed by atoms with Gasteiger partial charge < -0.3 is 16.0 Å². The average molecular weight is 462 g/mol. The quantitative estimate of drug-likeness (QED) is 0.519. The summed E-state index contributed by atoms with van der Waals surface area (Å²) < 4.78 is 27.3. The number of aromatic nitrogens is 1. The Hall–Kier alpha value is -2.84. The summed E-state index contributed by atoms with van der Waals surface area (Å²) in [5.41, 5.74) is 7.22. The summed E-state index contributed by atoms with van der Waals surface area (Å²) in [6.45, 7) is 6.83. The van der Waals surface area contributed by atoms with Crippen LogP contribution in [0.4, 0.5) is 0 Å². The molecule has 0 fully saturated rings. The monoisotopic (exact) mass is 461 g/mol. The van der Waals surface area contributed by atoms with Crippen LogP contribution in [0.5, 0.6) is 0 Å². The molecule has 3 aromatic rings. The molecule has 0 aliphatic heterocycles. The van der Waals surface area contributed by atoms with Gasteiger partial charge in [0.25, 0.3) is 5.91 Å². The van der Waals surface area contributed by atoms with E-state index in [0.717, 1.165) is 11.1 Å². The van der Waals surface area contributed by atoms with Crippen molar-refractivity contribution in [2.75, 3.05) is 0 Å². The molecule has 1 heterocycles. The number of benzene rings is 2. The van der Waals surface area contributed by atoms with Gasteiger partial charge in [-0.25, -0.2) is 8.42 Å². The number of H-pyrrole nitrogens is 1. The molecule has 3 rings (SSSR count). The van der Waals surface area contributed by atoms with Gasteiger partial charge in [-0.2, -0.15) is 0 Å². The fourth-order valence-corrected chi connectivity index (χ4v) is 5.40. The Bertz CT molecular complexity index is 1280. The van der Waals surface area contributed by atoms with E-state index in [-0.39, 0.29) is 15.5 Å². The lowest BCUT2D eigenvalue weighted by Crippen LogP contribution is -2.42. The number of carbonyl (C=O) groups excluding carboxylic acids is 2. The fourth-order valence-electron chi connectivity index (χ4n) is 3.43. The van der Waals surface area contributed by atoms with Crippen LogP contribution in [-0.4, -0.2) is 31.3 Å². The van der Waals surface area contributed by atoms with Crippen molar-refractivity contribution in [2.24, 2.45) is 11.7 Å². The third-order valence-corrected chi connectivity index (χ3v) is 7.32.